The van der Waals surface area contributed by atoms with Crippen molar-refractivity contribution in [2.24, 2.45) is 0 Å². The highest BCUT2D eigenvalue weighted by Gasteiger charge is 1.96. The van der Waals surface area contributed by atoms with Gasteiger partial charge in [0.1, 0.15) is 0 Å². The molecular weight excluding hydrogens is 178 g/mol. The maximum absolute atomic E-state index is 5.82. The maximum atomic E-state index is 5.82. The number of anilines is 1. The molecule has 72 valence electrons. The second kappa shape index (κ2) is 5.92. The lowest BCUT2D eigenvalue weighted by molar-refractivity contribution is 0.896. The minimum atomic E-state index is 0.923. The number of thioether (sulfide) groups is 1. The average Bonchev–Trinajstić information content (AvgIpc) is 2.15. The summed E-state index contributed by atoms with van der Waals surface area (Å²) in [5.74, 6) is 2.29. The zero-order valence-corrected chi connectivity index (χ0v) is 8.94. The van der Waals surface area contributed by atoms with E-state index in [2.05, 4.69) is 13.0 Å². The molecule has 0 heterocycles. The largest absolute Gasteiger partial charge is 0.398 e. The molecule has 0 aliphatic heterocycles. The molecule has 0 unspecified atom stereocenters. The minimum Gasteiger partial charge on any atom is -0.398 e. The first-order valence-corrected chi connectivity index (χ1v) is 5.91. The third-order valence-electron chi connectivity index (χ3n) is 1.95. The van der Waals surface area contributed by atoms with E-state index in [1.807, 2.05) is 30.0 Å². The molecule has 1 nitrogen and oxygen atoms in total. The second-order valence-electron chi connectivity index (χ2n) is 3.10. The Labute approximate surface area is 84.7 Å². The number of rotatable bonds is 5. The van der Waals surface area contributed by atoms with Crippen LogP contribution >= 0.6 is 11.8 Å². The van der Waals surface area contributed by atoms with Crippen LogP contribution in [0.1, 0.15) is 25.3 Å². The number of benzene rings is 1. The normalized spacial score (nSPS) is 10.2. The summed E-state index contributed by atoms with van der Waals surface area (Å²) in [6.45, 7) is 2.22. The summed E-state index contributed by atoms with van der Waals surface area (Å²) in [6, 6.07) is 8.10. The van der Waals surface area contributed by atoms with Crippen molar-refractivity contribution in [3.63, 3.8) is 0 Å². The standard InChI is InChI=1S/C11H17NS/c1-2-3-8-13-9-10-6-4-5-7-11(10)12/h4-7H,2-3,8-9,12H2,1H3. The molecule has 0 saturated heterocycles. The van der Waals surface area contributed by atoms with E-state index < -0.39 is 0 Å². The molecule has 13 heavy (non-hydrogen) atoms. The summed E-state index contributed by atoms with van der Waals surface area (Å²) in [7, 11) is 0. The fourth-order valence-corrected chi connectivity index (χ4v) is 2.21. The SMILES string of the molecule is CCCCSCc1ccccc1N. The molecule has 0 fully saturated rings. The summed E-state index contributed by atoms with van der Waals surface area (Å²) >= 11 is 1.97. The van der Waals surface area contributed by atoms with Crippen LogP contribution in [-0.4, -0.2) is 5.75 Å². The van der Waals surface area contributed by atoms with E-state index in [-0.39, 0.29) is 0 Å². The first-order chi connectivity index (χ1) is 6.34. The predicted molar refractivity (Wildman–Crippen MR) is 61.9 cm³/mol. The quantitative estimate of drug-likeness (QED) is 0.576. The van der Waals surface area contributed by atoms with Crippen LogP contribution in [-0.2, 0) is 5.75 Å². The molecule has 1 aromatic rings. The predicted octanol–water partition coefficient (Wildman–Crippen LogP) is 3.30. The zero-order chi connectivity index (χ0) is 9.52. The van der Waals surface area contributed by atoms with Crippen molar-refractivity contribution < 1.29 is 0 Å². The van der Waals surface area contributed by atoms with Gasteiger partial charge in [-0.25, -0.2) is 0 Å². The van der Waals surface area contributed by atoms with Crippen LogP contribution in [0.15, 0.2) is 24.3 Å². The molecule has 0 atom stereocenters. The number of nitrogens with two attached hydrogens (primary N) is 1. The van der Waals surface area contributed by atoms with Crippen molar-refractivity contribution >= 4 is 17.4 Å². The van der Waals surface area contributed by atoms with Crippen molar-refractivity contribution in [2.75, 3.05) is 11.5 Å². The topological polar surface area (TPSA) is 26.0 Å². The zero-order valence-electron chi connectivity index (χ0n) is 8.12. The van der Waals surface area contributed by atoms with Crippen LogP contribution in [0.2, 0.25) is 0 Å². The van der Waals surface area contributed by atoms with Crippen LogP contribution < -0.4 is 5.73 Å². The highest BCUT2D eigenvalue weighted by molar-refractivity contribution is 7.98. The number of para-hydroxylation sites is 1. The van der Waals surface area contributed by atoms with E-state index in [0.717, 1.165) is 11.4 Å². The van der Waals surface area contributed by atoms with E-state index in [1.165, 1.54) is 24.2 Å². The summed E-state index contributed by atoms with van der Waals surface area (Å²) in [5.41, 5.74) is 8.01. The first kappa shape index (κ1) is 10.5. The molecule has 0 aromatic heterocycles. The highest BCUT2D eigenvalue weighted by atomic mass is 32.2. The van der Waals surface area contributed by atoms with Gasteiger partial charge in [0.2, 0.25) is 0 Å². The third-order valence-corrected chi connectivity index (χ3v) is 3.05. The van der Waals surface area contributed by atoms with Crippen molar-refractivity contribution in [1.29, 1.82) is 0 Å². The number of hydrogen-bond acceptors (Lipinski definition) is 2. The first-order valence-electron chi connectivity index (χ1n) is 4.75. The Morgan fingerprint density at radius 1 is 1.31 bits per heavy atom. The van der Waals surface area contributed by atoms with Crippen LogP contribution in [0.4, 0.5) is 5.69 Å². The van der Waals surface area contributed by atoms with E-state index in [1.54, 1.807) is 0 Å². The lowest BCUT2D eigenvalue weighted by Gasteiger charge is -2.04. The maximum Gasteiger partial charge on any atom is 0.0355 e. The van der Waals surface area contributed by atoms with Gasteiger partial charge in [-0.1, -0.05) is 31.5 Å². The van der Waals surface area contributed by atoms with Gasteiger partial charge in [-0.3, -0.25) is 0 Å². The Kier molecular flexibility index (Phi) is 4.76. The van der Waals surface area contributed by atoms with Gasteiger partial charge in [0.25, 0.3) is 0 Å². The van der Waals surface area contributed by atoms with Crippen LogP contribution in [0, 0.1) is 0 Å². The molecule has 0 bridgehead atoms. The number of unbranched alkanes of at least 4 members (excludes halogenated alkanes) is 1. The Morgan fingerprint density at radius 3 is 2.77 bits per heavy atom. The van der Waals surface area contributed by atoms with Gasteiger partial charge in [-0.15, -0.1) is 0 Å². The lowest BCUT2D eigenvalue weighted by Crippen LogP contribution is -1.92. The lowest BCUT2D eigenvalue weighted by atomic mass is 10.2. The van der Waals surface area contributed by atoms with Crippen LogP contribution in [0.3, 0.4) is 0 Å². The smallest absolute Gasteiger partial charge is 0.0355 e. The summed E-state index contributed by atoms with van der Waals surface area (Å²) in [5, 5.41) is 0. The van der Waals surface area contributed by atoms with Crippen molar-refractivity contribution in [3.05, 3.63) is 29.8 Å². The van der Waals surface area contributed by atoms with Crippen LogP contribution in [0.5, 0.6) is 0 Å². The molecule has 1 rings (SSSR count). The molecule has 0 aliphatic rings. The Balaban J connectivity index is 2.32. The summed E-state index contributed by atoms with van der Waals surface area (Å²) in [6.07, 6.45) is 2.58. The third kappa shape index (κ3) is 3.73. The van der Waals surface area contributed by atoms with E-state index in [0.29, 0.717) is 0 Å². The molecule has 2 heteroatoms. The van der Waals surface area contributed by atoms with E-state index in [9.17, 15) is 0 Å². The number of hydrogen-bond donors (Lipinski definition) is 1. The van der Waals surface area contributed by atoms with Gasteiger partial charge in [0.05, 0.1) is 0 Å². The second-order valence-corrected chi connectivity index (χ2v) is 4.21. The Hall–Kier alpha value is -0.630. The van der Waals surface area contributed by atoms with Gasteiger partial charge < -0.3 is 5.73 Å². The average molecular weight is 195 g/mol. The van der Waals surface area contributed by atoms with Gasteiger partial charge in [-0.05, 0) is 23.8 Å². The Bertz CT molecular complexity index is 248. The monoisotopic (exact) mass is 195 g/mol. The highest BCUT2D eigenvalue weighted by Crippen LogP contribution is 2.18. The van der Waals surface area contributed by atoms with E-state index >= 15 is 0 Å². The molecule has 1 aromatic carbocycles. The van der Waals surface area contributed by atoms with Gasteiger partial charge in [0.15, 0.2) is 0 Å². The molecule has 0 saturated carbocycles. The summed E-state index contributed by atoms with van der Waals surface area (Å²) in [4.78, 5) is 0. The van der Waals surface area contributed by atoms with Crippen molar-refractivity contribution in [3.8, 4) is 0 Å². The molecule has 2 N–H and O–H groups in total. The summed E-state index contributed by atoms with van der Waals surface area (Å²) < 4.78 is 0. The molecule has 0 aliphatic carbocycles. The fraction of sp³-hybridized carbons (Fsp3) is 0.455. The van der Waals surface area contributed by atoms with Gasteiger partial charge in [0, 0.05) is 11.4 Å². The fourth-order valence-electron chi connectivity index (χ4n) is 1.09. The van der Waals surface area contributed by atoms with E-state index in [4.69, 9.17) is 5.73 Å². The molecule has 0 radical (unpaired) electrons. The van der Waals surface area contributed by atoms with Crippen molar-refractivity contribution in [2.45, 2.75) is 25.5 Å². The molecule has 0 amide bonds. The van der Waals surface area contributed by atoms with Gasteiger partial charge in [-0.2, -0.15) is 11.8 Å². The van der Waals surface area contributed by atoms with Crippen molar-refractivity contribution in [1.82, 2.24) is 0 Å². The molecular formula is C11H17NS. The minimum absolute atomic E-state index is 0.923. The Morgan fingerprint density at radius 2 is 2.08 bits per heavy atom. The van der Waals surface area contributed by atoms with Crippen LogP contribution in [0.25, 0.3) is 0 Å². The number of nitrogen functional groups attached to an aromatic ring is 1. The van der Waals surface area contributed by atoms with Gasteiger partial charge >= 0.3 is 0 Å². The molecule has 0 spiro atoms.